The average Bonchev–Trinajstić information content (AvgIpc) is 3.89. The van der Waals surface area contributed by atoms with Gasteiger partial charge in [0.2, 0.25) is 11.8 Å². The van der Waals surface area contributed by atoms with Crippen molar-refractivity contribution >= 4 is 51.3 Å². The predicted molar refractivity (Wildman–Crippen MR) is 289 cm³/mol. The lowest BCUT2D eigenvalue weighted by atomic mass is 9.80. The van der Waals surface area contributed by atoms with Crippen LogP contribution < -0.4 is 15.6 Å². The highest BCUT2D eigenvalue weighted by atomic mass is 16.5. The number of nitrogens with one attached hydrogen (secondary N) is 1. The molecule has 1 saturated carbocycles. The van der Waals surface area contributed by atoms with Gasteiger partial charge in [-0.15, -0.1) is 10.2 Å². The number of aromatic nitrogens is 6. The fourth-order valence-corrected chi connectivity index (χ4v) is 12.2. The number of carbonyl (C=O) groups excluding carboxylic acids is 3. The molecule has 2 aliphatic carbocycles. The van der Waals surface area contributed by atoms with E-state index in [1.807, 2.05) is 43.1 Å². The van der Waals surface area contributed by atoms with Crippen molar-refractivity contribution in [2.75, 3.05) is 58.2 Å². The molecule has 1 N–H and O–H groups in total. The number of likely N-dealkylation sites (tertiary alicyclic amines) is 1. The molecule has 15 nitrogen and oxygen atoms in total. The van der Waals surface area contributed by atoms with Crippen LogP contribution in [-0.2, 0) is 27.9 Å². The number of ketones is 1. The molecule has 3 aromatic heterocycles. The summed E-state index contributed by atoms with van der Waals surface area (Å²) < 4.78 is 9.58. The van der Waals surface area contributed by atoms with E-state index < -0.39 is 0 Å². The van der Waals surface area contributed by atoms with Crippen LogP contribution in [0.1, 0.15) is 130 Å². The van der Waals surface area contributed by atoms with Crippen LogP contribution in [0.4, 0.5) is 11.5 Å². The van der Waals surface area contributed by atoms with E-state index in [4.69, 9.17) is 19.8 Å². The molecule has 10 rings (SSSR count). The van der Waals surface area contributed by atoms with Crippen molar-refractivity contribution in [3.05, 3.63) is 122 Å². The molecular weight excluding hydrogens is 929 g/mol. The SMILES string of the molecule is COc1cc(Nc2nc(C3CCC(C(=O)N4CCC(CN5CCN(C(=O)CC6C=C(c7ccc(C)cc7)C7=C(CC(C)=C7C)n7c(C)nnc76)CC5)CC4)CC3)ncc2C)cc2cc(CCC(C)=O)c(=O)n(C)c12. The minimum atomic E-state index is -0.200. The number of piperazine rings is 1. The Morgan fingerprint density at radius 2 is 1.58 bits per heavy atom. The summed E-state index contributed by atoms with van der Waals surface area (Å²) in [5.41, 5.74) is 11.5. The van der Waals surface area contributed by atoms with Crippen LogP contribution in [0.3, 0.4) is 0 Å². The van der Waals surface area contributed by atoms with Crippen molar-refractivity contribution in [2.24, 2.45) is 18.9 Å². The van der Waals surface area contributed by atoms with E-state index in [9.17, 15) is 19.2 Å². The number of amides is 2. The smallest absolute Gasteiger partial charge is 0.254 e. The van der Waals surface area contributed by atoms with Crippen LogP contribution in [-0.4, -0.2) is 115 Å². The molecule has 3 aliphatic heterocycles. The second-order valence-electron chi connectivity index (χ2n) is 21.8. The molecule has 0 bridgehead atoms. The lowest BCUT2D eigenvalue weighted by molar-refractivity contribution is -0.138. The van der Waals surface area contributed by atoms with E-state index in [0.29, 0.717) is 66.8 Å². The molecule has 1 atom stereocenters. The summed E-state index contributed by atoms with van der Waals surface area (Å²) in [7, 11) is 3.32. The maximum absolute atomic E-state index is 14.2. The lowest BCUT2D eigenvalue weighted by Crippen LogP contribution is -2.51. The van der Waals surface area contributed by atoms with Gasteiger partial charge in [0.1, 0.15) is 34.8 Å². The quantitative estimate of drug-likeness (QED) is 0.120. The third kappa shape index (κ3) is 10.2. The van der Waals surface area contributed by atoms with E-state index in [1.165, 1.54) is 40.5 Å². The molecule has 6 heterocycles. The minimum absolute atomic E-state index is 0.0168. The van der Waals surface area contributed by atoms with E-state index in [2.05, 4.69) is 75.9 Å². The summed E-state index contributed by atoms with van der Waals surface area (Å²) in [6, 6.07) is 14.4. The minimum Gasteiger partial charge on any atom is -0.494 e. The number of rotatable bonds is 13. The molecule has 1 unspecified atom stereocenters. The molecule has 5 aromatic rings. The zero-order valence-corrected chi connectivity index (χ0v) is 44.6. The molecule has 2 aromatic carbocycles. The van der Waals surface area contributed by atoms with Gasteiger partial charge in [0.05, 0.1) is 12.6 Å². The van der Waals surface area contributed by atoms with Gasteiger partial charge in [0.25, 0.3) is 5.56 Å². The zero-order chi connectivity index (χ0) is 51.9. The van der Waals surface area contributed by atoms with Gasteiger partial charge in [-0.05, 0) is 121 Å². The van der Waals surface area contributed by atoms with E-state index >= 15 is 0 Å². The van der Waals surface area contributed by atoms with Crippen LogP contribution >= 0.6 is 0 Å². The lowest BCUT2D eigenvalue weighted by Gasteiger charge is -2.40. The summed E-state index contributed by atoms with van der Waals surface area (Å²) in [5.74, 6) is 4.75. The molecule has 388 valence electrons. The first-order chi connectivity index (χ1) is 35.6. The number of piperidine rings is 1. The molecule has 5 aliphatic rings. The Bertz CT molecular complexity index is 3160. The molecule has 15 heteroatoms. The van der Waals surface area contributed by atoms with Crippen LogP contribution in [0, 0.1) is 32.6 Å². The monoisotopic (exact) mass is 1000 g/mol. The fourth-order valence-electron chi connectivity index (χ4n) is 12.2. The Balaban J connectivity index is 0.702. The highest BCUT2D eigenvalue weighted by Gasteiger charge is 2.37. The van der Waals surface area contributed by atoms with Gasteiger partial charge in [0, 0.05) is 136 Å². The number of carbonyl (C=O) groups is 3. The number of methoxy groups -OCH3 is 1. The van der Waals surface area contributed by atoms with Gasteiger partial charge in [-0.2, -0.15) is 0 Å². The van der Waals surface area contributed by atoms with Crippen molar-refractivity contribution in [3.63, 3.8) is 0 Å². The summed E-state index contributed by atoms with van der Waals surface area (Å²) >= 11 is 0. The summed E-state index contributed by atoms with van der Waals surface area (Å²) in [6.07, 6.45) is 11.4. The topological polar surface area (TPSA) is 161 Å². The molecule has 0 radical (unpaired) electrons. The van der Waals surface area contributed by atoms with Crippen molar-refractivity contribution < 1.29 is 19.1 Å². The Kier molecular flexibility index (Phi) is 14.6. The van der Waals surface area contributed by atoms with Gasteiger partial charge in [0.15, 0.2) is 0 Å². The highest BCUT2D eigenvalue weighted by Crippen LogP contribution is 2.47. The van der Waals surface area contributed by atoms with Crippen molar-refractivity contribution in [1.29, 1.82) is 0 Å². The fraction of sp³-hybridized carbons (Fsp3) is 0.492. The second kappa shape index (κ2) is 21.2. The summed E-state index contributed by atoms with van der Waals surface area (Å²) in [5, 5.41) is 13.6. The van der Waals surface area contributed by atoms with Crippen molar-refractivity contribution in [2.45, 2.75) is 118 Å². The standard InChI is InChI=1S/C59H72N10O5/c1-35-9-12-42(13-10-35)49-30-47(57-64-63-40(6)69(57)50-27-36(2)39(5)53(49)50)31-52(71)67-25-23-66(24-26-67)34-41-19-21-68(22-20-41)59(73)44-17-15-43(16-18-44)56-60-33-37(3)55(62-56)61-48-29-46-28-45(14-11-38(4)70)58(72)65(7)54(46)51(32-48)74-8/h9-10,12-13,28-30,32-33,41,43-44,47H,11,14-27,31,34H2,1-8H3,(H,60,61,62). The Labute approximate surface area is 434 Å². The number of anilines is 2. The third-order valence-corrected chi connectivity index (χ3v) is 16.8. The number of ether oxygens (including phenoxy) is 1. The van der Waals surface area contributed by atoms with Crippen LogP contribution in [0.25, 0.3) is 22.2 Å². The first-order valence-corrected chi connectivity index (χ1v) is 26.8. The molecular formula is C59H72N10O5. The maximum Gasteiger partial charge on any atom is 0.254 e. The Morgan fingerprint density at radius 1 is 0.851 bits per heavy atom. The van der Waals surface area contributed by atoms with Crippen LogP contribution in [0.15, 0.2) is 76.3 Å². The Hall–Kier alpha value is -6.74. The molecule has 0 spiro atoms. The zero-order valence-electron chi connectivity index (χ0n) is 44.6. The number of hydrogen-bond donors (Lipinski definition) is 1. The maximum atomic E-state index is 14.2. The van der Waals surface area contributed by atoms with Gasteiger partial charge in [-0.3, -0.25) is 23.9 Å². The van der Waals surface area contributed by atoms with E-state index in [1.54, 1.807) is 18.7 Å². The third-order valence-electron chi connectivity index (χ3n) is 16.8. The predicted octanol–water partition coefficient (Wildman–Crippen LogP) is 9.00. The molecule has 2 amide bonds. The number of fused-ring (bicyclic) bond motifs is 3. The summed E-state index contributed by atoms with van der Waals surface area (Å²) in [6.45, 7) is 17.8. The van der Waals surface area contributed by atoms with E-state index in [-0.39, 0.29) is 35.0 Å². The molecule has 3 fully saturated rings. The summed E-state index contributed by atoms with van der Waals surface area (Å²) in [4.78, 5) is 69.5. The van der Waals surface area contributed by atoms with Gasteiger partial charge in [-0.25, -0.2) is 9.97 Å². The van der Waals surface area contributed by atoms with Crippen molar-refractivity contribution in [1.82, 2.24) is 44.0 Å². The van der Waals surface area contributed by atoms with Crippen molar-refractivity contribution in [3.8, 4) is 5.75 Å². The number of nitrogens with zero attached hydrogens (tertiary/aromatic N) is 9. The van der Waals surface area contributed by atoms with E-state index in [0.717, 1.165) is 117 Å². The van der Waals surface area contributed by atoms with Gasteiger partial charge >= 0.3 is 0 Å². The highest BCUT2D eigenvalue weighted by molar-refractivity contribution is 5.95. The number of allylic oxidation sites excluding steroid dienone is 6. The van der Waals surface area contributed by atoms with Crippen LogP contribution in [0.5, 0.6) is 5.75 Å². The van der Waals surface area contributed by atoms with Crippen LogP contribution in [0.2, 0.25) is 0 Å². The van der Waals surface area contributed by atoms with Gasteiger partial charge < -0.3 is 29.2 Å². The largest absolute Gasteiger partial charge is 0.494 e. The second-order valence-corrected chi connectivity index (χ2v) is 21.8. The van der Waals surface area contributed by atoms with Gasteiger partial charge in [-0.1, -0.05) is 41.5 Å². The number of benzene rings is 2. The Morgan fingerprint density at radius 3 is 2.28 bits per heavy atom. The number of hydrogen-bond acceptors (Lipinski definition) is 11. The average molecular weight is 1000 g/mol. The number of aryl methyl sites for hydroxylation is 5. The molecule has 74 heavy (non-hydrogen) atoms. The normalized spacial score (nSPS) is 20.6. The molecule has 2 saturated heterocycles. The number of pyridine rings is 1. The first-order valence-electron chi connectivity index (χ1n) is 26.8. The first kappa shape index (κ1) is 50.8. The number of Topliss-reactive ketones (excluding diaryl/α,β-unsaturated/α-hetero) is 1.